The van der Waals surface area contributed by atoms with Crippen LogP contribution >= 0.6 is 0 Å². The van der Waals surface area contributed by atoms with Crippen LogP contribution < -0.4 is 0 Å². The molecule has 0 spiro atoms. The van der Waals surface area contributed by atoms with Gasteiger partial charge < -0.3 is 28.4 Å². The van der Waals surface area contributed by atoms with Crippen LogP contribution in [0, 0.1) is 139 Å². The first-order chi connectivity index (χ1) is 46.3. The Labute approximate surface area is 587 Å². The van der Waals surface area contributed by atoms with Crippen LogP contribution in [0.3, 0.4) is 0 Å². The van der Waals surface area contributed by atoms with E-state index in [4.69, 9.17) is 28.4 Å². The average Bonchev–Trinajstić information content (AvgIpc) is 0.755. The summed E-state index contributed by atoms with van der Waals surface area (Å²) in [5.74, 6) is 7.21. The second-order valence-electron chi connectivity index (χ2n) is 43.9. The Kier molecular flexibility index (Phi) is 15.4. The highest BCUT2D eigenvalue weighted by Crippen LogP contribution is 2.67. The maximum absolute atomic E-state index is 17.1. The van der Waals surface area contributed by atoms with Crippen molar-refractivity contribution in [2.45, 2.75) is 359 Å². The highest BCUT2D eigenvalue weighted by molar-refractivity contribution is 5.86. The number of esters is 6. The second-order valence-corrected chi connectivity index (χ2v) is 43.9. The van der Waals surface area contributed by atoms with Crippen LogP contribution in [0.1, 0.15) is 325 Å². The molecule has 24 aliphatic rings. The van der Waals surface area contributed by atoms with Gasteiger partial charge in [-0.15, -0.1) is 0 Å². The van der Waals surface area contributed by atoms with Gasteiger partial charge in [0, 0.05) is 0 Å². The van der Waals surface area contributed by atoms with Gasteiger partial charge in [0.15, 0.2) is 0 Å². The van der Waals surface area contributed by atoms with Crippen molar-refractivity contribution in [2.24, 2.45) is 139 Å². The SMILES string of the molecule is CCC(C)(CC(C)(CC(C)(CC(C)(CC(C)(CC(C)(C)C(=O)OC12CC3CC(CC(C3)C1)C2)C(=O)OC12CC3CC(CC(C3)C1)C2)C(=O)OC12CC3CC(CC(C3)C1)C2)C(=O)OC12CC3CC(CC(C3)C1)C2)C(=O)OC12CC3CC(CC(C3)C1)C2)C(=O)OC12CC3CC(CC(C3)C1)C2. The number of rotatable bonds is 23. The lowest BCUT2D eigenvalue weighted by molar-refractivity contribution is -0.212. The van der Waals surface area contributed by atoms with Gasteiger partial charge in [0.05, 0.1) is 32.5 Å². The topological polar surface area (TPSA) is 158 Å². The second kappa shape index (κ2) is 22.7. The first-order valence-electron chi connectivity index (χ1n) is 41.7. The van der Waals surface area contributed by atoms with E-state index in [0.717, 1.165) is 154 Å². The summed E-state index contributed by atoms with van der Waals surface area (Å²) in [6.45, 7) is 15.9. The van der Waals surface area contributed by atoms with E-state index in [-0.39, 0.29) is 56.0 Å². The molecule has 0 aromatic carbocycles. The Bertz CT molecular complexity index is 3030. The van der Waals surface area contributed by atoms with Gasteiger partial charge in [-0.1, -0.05) is 6.92 Å². The standard InChI is InChI=1S/C86H126O12/c1-9-76(4,70(88)94-82-31-54-13-55(32-82)15-56(14-54)33-82)47-78(6,72(90)96-84-37-60-19-61(38-84)21-62(20-60)39-84)49-80(8,74(92)98-86-43-66-25-67(44-86)27-68(26-66)45-86)50-79(7,73(91)97-85-40-63-22-64(41-85)24-65(23-63)42-85)48-77(5,71(89)95-83-34-57-16-58(35-83)18-59(17-57)36-83)46-75(2,3)69(87)93-81-28-51-10-52(29-81)12-53(11-51)30-81/h51-68H,9-50H2,1-8H3. The number of carbonyl (C=O) groups is 6. The van der Waals surface area contributed by atoms with Gasteiger partial charge in [0.2, 0.25) is 0 Å². The molecule has 12 heteroatoms. The van der Waals surface area contributed by atoms with Crippen LogP contribution in [0.15, 0.2) is 0 Å². The van der Waals surface area contributed by atoms with Crippen molar-refractivity contribution in [3.8, 4) is 0 Å². The molecule has 0 radical (unpaired) electrons. The molecule has 24 saturated carbocycles. The van der Waals surface area contributed by atoms with Gasteiger partial charge in [-0.25, -0.2) is 0 Å². The molecule has 0 amide bonds. The molecule has 0 aromatic heterocycles. The van der Waals surface area contributed by atoms with E-state index in [1.54, 1.807) is 0 Å². The van der Waals surface area contributed by atoms with Crippen molar-refractivity contribution in [3.63, 3.8) is 0 Å². The van der Waals surface area contributed by atoms with Crippen LogP contribution in [0.5, 0.6) is 0 Å². The zero-order valence-corrected chi connectivity index (χ0v) is 62.0. The molecule has 542 valence electrons. The first kappa shape index (κ1) is 66.8. The fourth-order valence-corrected chi connectivity index (χ4v) is 32.5. The van der Waals surface area contributed by atoms with Crippen molar-refractivity contribution >= 4 is 35.8 Å². The van der Waals surface area contributed by atoms with Gasteiger partial charge in [-0.2, -0.15) is 0 Å². The van der Waals surface area contributed by atoms with Gasteiger partial charge in [0.1, 0.15) is 33.6 Å². The molecule has 12 nitrogen and oxygen atoms in total. The van der Waals surface area contributed by atoms with Gasteiger partial charge in [0.25, 0.3) is 0 Å². The molecule has 5 unspecified atom stereocenters. The van der Waals surface area contributed by atoms with E-state index < -0.39 is 78.0 Å². The molecule has 0 aromatic rings. The summed E-state index contributed by atoms with van der Waals surface area (Å²) in [7, 11) is 0. The number of ether oxygens (including phenoxy) is 6. The summed E-state index contributed by atoms with van der Waals surface area (Å²) in [5, 5.41) is 0. The summed E-state index contributed by atoms with van der Waals surface area (Å²) in [6.07, 6.45) is 37.0. The van der Waals surface area contributed by atoms with Crippen LogP contribution in [-0.4, -0.2) is 69.4 Å². The van der Waals surface area contributed by atoms with Crippen molar-refractivity contribution in [1.29, 1.82) is 0 Å². The Hall–Kier alpha value is -3.18. The summed E-state index contributed by atoms with van der Waals surface area (Å²) in [4.78, 5) is 99.1. The molecule has 0 heterocycles. The smallest absolute Gasteiger partial charge is 0.312 e. The molecule has 24 rings (SSSR count). The maximum Gasteiger partial charge on any atom is 0.312 e. The lowest BCUT2D eigenvalue weighted by atomic mass is 9.53. The van der Waals surface area contributed by atoms with Crippen LogP contribution in [0.2, 0.25) is 0 Å². The predicted molar refractivity (Wildman–Crippen MR) is 370 cm³/mol. The van der Waals surface area contributed by atoms with Crippen molar-refractivity contribution in [3.05, 3.63) is 0 Å². The molecule has 24 bridgehead atoms. The quantitative estimate of drug-likeness (QED) is 0.0705. The fraction of sp³-hybridized carbons (Fsp3) is 0.930. The number of hydrogen-bond acceptors (Lipinski definition) is 12. The normalized spacial score (nSPS) is 48.5. The number of hydrogen-bond donors (Lipinski definition) is 0. The van der Waals surface area contributed by atoms with Crippen molar-refractivity contribution < 1.29 is 57.2 Å². The zero-order chi connectivity index (χ0) is 67.8. The minimum absolute atomic E-state index is 0.0474. The van der Waals surface area contributed by atoms with E-state index in [1.807, 2.05) is 48.5 Å². The van der Waals surface area contributed by atoms with E-state index in [9.17, 15) is 0 Å². The monoisotopic (exact) mass is 1350 g/mol. The Balaban J connectivity index is 0.743. The van der Waals surface area contributed by atoms with Crippen LogP contribution in [0.25, 0.3) is 0 Å². The molecule has 0 saturated heterocycles. The lowest BCUT2D eigenvalue weighted by Gasteiger charge is -2.58. The zero-order valence-electron chi connectivity index (χ0n) is 62.0. The predicted octanol–water partition coefficient (Wildman–Crippen LogP) is 18.5. The molecular weight excluding hydrogens is 1220 g/mol. The summed E-state index contributed by atoms with van der Waals surface area (Å²) < 4.78 is 43.8. The van der Waals surface area contributed by atoms with Gasteiger partial charge >= 0.3 is 35.8 Å². The highest BCUT2D eigenvalue weighted by atomic mass is 16.6. The third kappa shape index (κ3) is 11.8. The Morgan fingerprint density at radius 2 is 0.357 bits per heavy atom. The maximum atomic E-state index is 17.1. The molecule has 24 fully saturated rings. The van der Waals surface area contributed by atoms with E-state index in [2.05, 4.69) is 6.92 Å². The van der Waals surface area contributed by atoms with Crippen LogP contribution in [-0.2, 0) is 57.2 Å². The van der Waals surface area contributed by atoms with E-state index in [0.29, 0.717) is 113 Å². The average molecular weight is 1350 g/mol. The molecule has 0 aliphatic heterocycles. The fourth-order valence-electron chi connectivity index (χ4n) is 32.5. The molecule has 98 heavy (non-hydrogen) atoms. The van der Waals surface area contributed by atoms with E-state index in [1.165, 1.54) is 77.0 Å². The number of carbonyl (C=O) groups excluding carboxylic acids is 6. The Morgan fingerprint density at radius 1 is 0.224 bits per heavy atom. The summed E-state index contributed by atoms with van der Waals surface area (Å²) in [5.41, 5.74) is -12.0. The highest BCUT2D eigenvalue weighted by Gasteiger charge is 2.66. The minimum atomic E-state index is -1.58. The molecule has 5 atom stereocenters. The largest absolute Gasteiger partial charge is 0.459 e. The third-order valence-corrected chi connectivity index (χ3v) is 33.5. The summed E-state index contributed by atoms with van der Waals surface area (Å²) >= 11 is 0. The molecular formula is C86H126O12. The van der Waals surface area contributed by atoms with Gasteiger partial charge in [-0.3, -0.25) is 28.8 Å². The molecule has 0 N–H and O–H groups in total. The van der Waals surface area contributed by atoms with Crippen LogP contribution in [0.4, 0.5) is 0 Å². The summed E-state index contributed by atoms with van der Waals surface area (Å²) in [6, 6.07) is 0. The third-order valence-electron chi connectivity index (χ3n) is 33.5. The van der Waals surface area contributed by atoms with Crippen molar-refractivity contribution in [1.82, 2.24) is 0 Å². The van der Waals surface area contributed by atoms with Crippen molar-refractivity contribution in [2.75, 3.05) is 0 Å². The first-order valence-corrected chi connectivity index (χ1v) is 41.7. The van der Waals surface area contributed by atoms with Gasteiger partial charge in [-0.05, 0) is 425 Å². The minimum Gasteiger partial charge on any atom is -0.459 e. The lowest BCUT2D eigenvalue weighted by Crippen LogP contribution is -2.58. The Morgan fingerprint density at radius 3 is 0.520 bits per heavy atom. The molecule has 24 aliphatic carbocycles. The van der Waals surface area contributed by atoms with E-state index >= 15 is 28.8 Å².